The Balaban J connectivity index is 1.70. The molecule has 0 unspecified atom stereocenters. The van der Waals surface area contributed by atoms with Crippen molar-refractivity contribution in [2.24, 2.45) is 0 Å². The van der Waals surface area contributed by atoms with Crippen LogP contribution in [0.5, 0.6) is 5.75 Å². The number of amides is 2. The van der Waals surface area contributed by atoms with Gasteiger partial charge in [-0.05, 0) is 48.0 Å². The van der Waals surface area contributed by atoms with Crippen LogP contribution in [0.1, 0.15) is 33.2 Å². The number of esters is 1. The van der Waals surface area contributed by atoms with Gasteiger partial charge in [-0.1, -0.05) is 46.3 Å². The molecule has 0 heterocycles. The van der Waals surface area contributed by atoms with E-state index in [0.29, 0.717) is 22.6 Å². The van der Waals surface area contributed by atoms with Crippen LogP contribution < -0.4 is 15.4 Å². The van der Waals surface area contributed by atoms with Crippen LogP contribution in [0.15, 0.2) is 77.3 Å². The zero-order chi connectivity index (χ0) is 21.5. The number of rotatable bonds is 6. The minimum atomic E-state index is -0.459. The Bertz CT molecular complexity index is 1100. The molecule has 0 saturated carbocycles. The molecule has 0 spiro atoms. The third-order valence-corrected chi connectivity index (χ3v) is 4.64. The Labute approximate surface area is 182 Å². The van der Waals surface area contributed by atoms with Gasteiger partial charge in [-0.2, -0.15) is 0 Å². The van der Waals surface area contributed by atoms with E-state index >= 15 is 0 Å². The van der Waals surface area contributed by atoms with E-state index in [2.05, 4.69) is 26.6 Å². The maximum absolute atomic E-state index is 12.7. The molecule has 0 atom stereocenters. The third kappa shape index (κ3) is 5.78. The summed E-state index contributed by atoms with van der Waals surface area (Å²) < 4.78 is 5.84. The molecule has 0 radical (unpaired) electrons. The van der Waals surface area contributed by atoms with E-state index in [9.17, 15) is 14.4 Å². The summed E-state index contributed by atoms with van der Waals surface area (Å²) in [4.78, 5) is 36.2. The highest BCUT2D eigenvalue weighted by Crippen LogP contribution is 2.19. The fourth-order valence-corrected chi connectivity index (χ4v) is 3.16. The van der Waals surface area contributed by atoms with Crippen molar-refractivity contribution in [1.82, 2.24) is 5.32 Å². The predicted molar refractivity (Wildman–Crippen MR) is 117 cm³/mol. The van der Waals surface area contributed by atoms with E-state index in [-0.39, 0.29) is 18.4 Å². The summed E-state index contributed by atoms with van der Waals surface area (Å²) in [6.45, 7) is 1.54. The summed E-state index contributed by atoms with van der Waals surface area (Å²) in [6, 6.07) is 20.7. The second-order valence-electron chi connectivity index (χ2n) is 6.43. The molecule has 2 N–H and O–H groups in total. The SMILES string of the molecule is CC(=O)Oc1cccc(C(=O)Nc2ccccc2CNC(=O)c2cccc(Br)c2)c1. The quantitative estimate of drug-likeness (QED) is 0.412. The molecule has 0 bridgehead atoms. The van der Waals surface area contributed by atoms with Crippen LogP contribution in [-0.4, -0.2) is 17.8 Å². The Morgan fingerprint density at radius 3 is 2.30 bits per heavy atom. The molecule has 0 aliphatic heterocycles. The van der Waals surface area contributed by atoms with Crippen molar-refractivity contribution in [1.29, 1.82) is 0 Å². The molecule has 3 rings (SSSR count). The van der Waals surface area contributed by atoms with Gasteiger partial charge < -0.3 is 15.4 Å². The standard InChI is InChI=1S/C23H19BrN2O4/c1-15(27)30-20-10-5-8-17(13-20)23(29)26-21-11-3-2-6-18(21)14-25-22(28)16-7-4-9-19(24)12-16/h2-13H,14H2,1H3,(H,25,28)(H,26,29). The molecule has 3 aromatic rings. The smallest absolute Gasteiger partial charge is 0.308 e. The Hall–Kier alpha value is -3.45. The van der Waals surface area contributed by atoms with Crippen LogP contribution in [0, 0.1) is 0 Å². The van der Waals surface area contributed by atoms with Crippen molar-refractivity contribution >= 4 is 39.4 Å². The van der Waals surface area contributed by atoms with Gasteiger partial charge in [-0.15, -0.1) is 0 Å². The fraction of sp³-hybridized carbons (Fsp3) is 0.0870. The van der Waals surface area contributed by atoms with Gasteiger partial charge in [0.2, 0.25) is 0 Å². The summed E-state index contributed by atoms with van der Waals surface area (Å²) in [5.74, 6) is -0.731. The largest absolute Gasteiger partial charge is 0.427 e. The lowest BCUT2D eigenvalue weighted by Gasteiger charge is -2.13. The van der Waals surface area contributed by atoms with Gasteiger partial charge in [0.25, 0.3) is 11.8 Å². The average molecular weight is 467 g/mol. The molecule has 0 aliphatic carbocycles. The van der Waals surface area contributed by atoms with Gasteiger partial charge in [0.05, 0.1) is 0 Å². The first-order valence-electron chi connectivity index (χ1n) is 9.14. The first-order chi connectivity index (χ1) is 14.4. The average Bonchev–Trinajstić information content (AvgIpc) is 2.72. The summed E-state index contributed by atoms with van der Waals surface area (Å²) in [5, 5.41) is 5.70. The van der Waals surface area contributed by atoms with Gasteiger partial charge in [-0.3, -0.25) is 14.4 Å². The van der Waals surface area contributed by atoms with E-state index in [1.54, 1.807) is 48.5 Å². The Morgan fingerprint density at radius 1 is 0.867 bits per heavy atom. The predicted octanol–water partition coefficient (Wildman–Crippen LogP) is 4.56. The highest BCUT2D eigenvalue weighted by atomic mass is 79.9. The van der Waals surface area contributed by atoms with E-state index in [1.165, 1.54) is 13.0 Å². The second kappa shape index (κ2) is 9.84. The first kappa shape index (κ1) is 21.3. The van der Waals surface area contributed by atoms with Crippen molar-refractivity contribution in [3.8, 4) is 5.75 Å². The molecule has 6 nitrogen and oxygen atoms in total. The first-order valence-corrected chi connectivity index (χ1v) is 9.93. The van der Waals surface area contributed by atoms with E-state index < -0.39 is 5.97 Å². The second-order valence-corrected chi connectivity index (χ2v) is 7.34. The molecule has 152 valence electrons. The number of para-hydroxylation sites is 1. The third-order valence-electron chi connectivity index (χ3n) is 4.15. The number of carbonyl (C=O) groups is 3. The molecular formula is C23H19BrN2O4. The van der Waals surface area contributed by atoms with Crippen molar-refractivity contribution in [3.63, 3.8) is 0 Å². The monoisotopic (exact) mass is 466 g/mol. The molecule has 0 saturated heterocycles. The molecular weight excluding hydrogens is 448 g/mol. The van der Waals surface area contributed by atoms with Crippen LogP contribution in [0.2, 0.25) is 0 Å². The van der Waals surface area contributed by atoms with E-state index in [4.69, 9.17) is 4.74 Å². The molecule has 0 aliphatic rings. The lowest BCUT2D eigenvalue weighted by atomic mass is 10.1. The summed E-state index contributed by atoms with van der Waals surface area (Å²) >= 11 is 3.35. The van der Waals surface area contributed by atoms with Crippen molar-refractivity contribution in [2.75, 3.05) is 5.32 Å². The van der Waals surface area contributed by atoms with Crippen LogP contribution in [-0.2, 0) is 11.3 Å². The summed E-state index contributed by atoms with van der Waals surface area (Å²) in [6.07, 6.45) is 0. The minimum absolute atomic E-state index is 0.216. The number of ether oxygens (including phenoxy) is 1. The number of anilines is 1. The zero-order valence-corrected chi connectivity index (χ0v) is 17.7. The van der Waals surface area contributed by atoms with Crippen LogP contribution >= 0.6 is 15.9 Å². The highest BCUT2D eigenvalue weighted by molar-refractivity contribution is 9.10. The van der Waals surface area contributed by atoms with Crippen molar-refractivity contribution < 1.29 is 19.1 Å². The maximum atomic E-state index is 12.7. The topological polar surface area (TPSA) is 84.5 Å². The molecule has 3 aromatic carbocycles. The Morgan fingerprint density at radius 2 is 1.57 bits per heavy atom. The van der Waals surface area contributed by atoms with Crippen LogP contribution in [0.4, 0.5) is 5.69 Å². The van der Waals surface area contributed by atoms with Crippen LogP contribution in [0.25, 0.3) is 0 Å². The molecule has 30 heavy (non-hydrogen) atoms. The maximum Gasteiger partial charge on any atom is 0.308 e. The van der Waals surface area contributed by atoms with Gasteiger partial charge in [-0.25, -0.2) is 0 Å². The van der Waals surface area contributed by atoms with Gasteiger partial charge in [0, 0.05) is 34.8 Å². The number of benzene rings is 3. The minimum Gasteiger partial charge on any atom is -0.427 e. The van der Waals surface area contributed by atoms with Crippen molar-refractivity contribution in [3.05, 3.63) is 94.0 Å². The number of hydrogen-bond acceptors (Lipinski definition) is 4. The number of carbonyl (C=O) groups excluding carboxylic acids is 3. The lowest BCUT2D eigenvalue weighted by Crippen LogP contribution is -2.24. The zero-order valence-electron chi connectivity index (χ0n) is 16.1. The summed E-state index contributed by atoms with van der Waals surface area (Å²) in [7, 11) is 0. The normalized spacial score (nSPS) is 10.2. The van der Waals surface area contributed by atoms with E-state index in [1.807, 2.05) is 18.2 Å². The van der Waals surface area contributed by atoms with Crippen molar-refractivity contribution in [2.45, 2.75) is 13.5 Å². The highest BCUT2D eigenvalue weighted by Gasteiger charge is 2.12. The molecule has 7 heteroatoms. The molecule has 0 fully saturated rings. The molecule has 2 amide bonds. The number of hydrogen-bond donors (Lipinski definition) is 2. The van der Waals surface area contributed by atoms with E-state index in [0.717, 1.165) is 10.0 Å². The fourth-order valence-electron chi connectivity index (χ4n) is 2.76. The van der Waals surface area contributed by atoms with Gasteiger partial charge in [0.1, 0.15) is 5.75 Å². The molecule has 0 aromatic heterocycles. The van der Waals surface area contributed by atoms with Gasteiger partial charge >= 0.3 is 5.97 Å². The summed E-state index contributed by atoms with van der Waals surface area (Å²) in [5.41, 5.74) is 2.22. The number of nitrogens with one attached hydrogen (secondary N) is 2. The lowest BCUT2D eigenvalue weighted by molar-refractivity contribution is -0.131. The Kier molecular flexibility index (Phi) is 6.98. The van der Waals surface area contributed by atoms with Crippen LogP contribution in [0.3, 0.4) is 0 Å². The number of halogens is 1. The van der Waals surface area contributed by atoms with Gasteiger partial charge in [0.15, 0.2) is 0 Å².